The second kappa shape index (κ2) is 10.4. The van der Waals surface area contributed by atoms with Gasteiger partial charge in [0.25, 0.3) is 5.91 Å². The summed E-state index contributed by atoms with van der Waals surface area (Å²) >= 11 is 7.10. The first kappa shape index (κ1) is 24.6. The molecule has 1 N–H and O–H groups in total. The normalized spacial score (nSPS) is 15.8. The predicted molar refractivity (Wildman–Crippen MR) is 140 cm³/mol. The molecule has 0 spiro atoms. The molecule has 0 unspecified atom stereocenters. The van der Waals surface area contributed by atoms with Gasteiger partial charge >= 0.3 is 5.97 Å². The third-order valence-electron chi connectivity index (χ3n) is 5.44. The van der Waals surface area contributed by atoms with Gasteiger partial charge < -0.3 is 14.4 Å². The van der Waals surface area contributed by atoms with E-state index < -0.39 is 11.9 Å². The number of carbonyl (C=O) groups excluding carboxylic acids is 2. The maximum atomic E-state index is 12.7. The molecule has 1 aliphatic rings. The molecule has 1 amide bonds. The molecule has 2 aromatic carbocycles. The number of hydrogen-bond acceptors (Lipinski definition) is 5. The van der Waals surface area contributed by atoms with Crippen LogP contribution in [0, 0.1) is 13.8 Å². The number of rotatable bonds is 5. The zero-order chi connectivity index (χ0) is 25.1. The number of nitrogens with zero attached hydrogens (tertiary/aromatic N) is 2. The average Bonchev–Trinajstić information content (AvgIpc) is 3.29. The molecule has 0 saturated carbocycles. The summed E-state index contributed by atoms with van der Waals surface area (Å²) in [7, 11) is 0. The van der Waals surface area contributed by atoms with Gasteiger partial charge in [0.1, 0.15) is 16.4 Å². The zero-order valence-corrected chi connectivity index (χ0v) is 21.0. The summed E-state index contributed by atoms with van der Waals surface area (Å²) in [6.45, 7) is 5.75. The van der Waals surface area contributed by atoms with Crippen molar-refractivity contribution >= 4 is 46.4 Å². The minimum atomic E-state index is -0.729. The Hall–Kier alpha value is -3.55. The maximum Gasteiger partial charge on any atom is 0.344 e. The summed E-state index contributed by atoms with van der Waals surface area (Å²) in [6, 6.07) is 18.0. The SMILES string of the molecule is CCOC(=O)C1=C(O)/C(=C/c2cc(C)n(-c3ccc(Cl)cc3)c2C)SC1=NC(=O)c1ccccc1. The molecule has 35 heavy (non-hydrogen) atoms. The van der Waals surface area contributed by atoms with Gasteiger partial charge in [0, 0.05) is 27.7 Å². The number of hydrogen-bond donors (Lipinski definition) is 1. The third kappa shape index (κ3) is 5.11. The topological polar surface area (TPSA) is 80.9 Å². The lowest BCUT2D eigenvalue weighted by Crippen LogP contribution is -2.14. The number of aliphatic hydroxyl groups is 1. The van der Waals surface area contributed by atoms with E-state index in [1.165, 1.54) is 0 Å². The lowest BCUT2D eigenvalue weighted by atomic mass is 10.1. The smallest absolute Gasteiger partial charge is 0.344 e. The van der Waals surface area contributed by atoms with E-state index in [2.05, 4.69) is 9.56 Å². The molecule has 4 rings (SSSR count). The summed E-state index contributed by atoms with van der Waals surface area (Å²) in [6.07, 6.45) is 1.78. The molecular weight excluding hydrogens is 484 g/mol. The first-order valence-electron chi connectivity index (χ1n) is 10.9. The van der Waals surface area contributed by atoms with Crippen molar-refractivity contribution in [2.45, 2.75) is 20.8 Å². The zero-order valence-electron chi connectivity index (χ0n) is 19.4. The van der Waals surface area contributed by atoms with Crippen LogP contribution in [0.3, 0.4) is 0 Å². The van der Waals surface area contributed by atoms with Gasteiger partial charge in [-0.1, -0.05) is 41.6 Å². The summed E-state index contributed by atoms with van der Waals surface area (Å²) < 4.78 is 7.20. The number of aryl methyl sites for hydroxylation is 1. The Balaban J connectivity index is 1.75. The number of amides is 1. The van der Waals surface area contributed by atoms with Gasteiger partial charge in [-0.3, -0.25) is 4.79 Å². The number of aliphatic imine (C=N–C) groups is 1. The standard InChI is InChI=1S/C27H23ClN2O4S/c1-4-34-27(33)23-24(31)22(35-26(23)29-25(32)18-8-6-5-7-9-18)15-19-14-16(2)30(17(19)3)21-12-10-20(28)11-13-21/h5-15,31H,4H2,1-3H3/b22-15-,29-26?. The highest BCUT2D eigenvalue weighted by Gasteiger charge is 2.34. The number of carbonyl (C=O) groups is 2. The van der Waals surface area contributed by atoms with Crippen LogP contribution in [0.5, 0.6) is 0 Å². The molecule has 0 bridgehead atoms. The van der Waals surface area contributed by atoms with Crippen LogP contribution in [0.1, 0.15) is 34.2 Å². The van der Waals surface area contributed by atoms with Gasteiger partial charge in [0.2, 0.25) is 0 Å². The highest BCUT2D eigenvalue weighted by molar-refractivity contribution is 8.18. The quantitative estimate of drug-likeness (QED) is 0.402. The first-order valence-corrected chi connectivity index (χ1v) is 12.1. The Bertz CT molecular complexity index is 1390. The van der Waals surface area contributed by atoms with Crippen LogP contribution in [-0.2, 0) is 9.53 Å². The van der Waals surface area contributed by atoms with E-state index in [-0.39, 0.29) is 23.0 Å². The van der Waals surface area contributed by atoms with E-state index in [1.54, 1.807) is 43.3 Å². The van der Waals surface area contributed by atoms with Crippen molar-refractivity contribution in [3.63, 3.8) is 0 Å². The van der Waals surface area contributed by atoms with Crippen LogP contribution >= 0.6 is 23.4 Å². The van der Waals surface area contributed by atoms with E-state index in [1.807, 2.05) is 44.2 Å². The molecule has 6 nitrogen and oxygen atoms in total. The highest BCUT2D eigenvalue weighted by Crippen LogP contribution is 2.40. The lowest BCUT2D eigenvalue weighted by Gasteiger charge is -2.09. The molecule has 2 heterocycles. The fourth-order valence-electron chi connectivity index (χ4n) is 3.79. The second-order valence-corrected chi connectivity index (χ2v) is 9.25. The van der Waals surface area contributed by atoms with Gasteiger partial charge in [0.05, 0.1) is 11.5 Å². The third-order valence-corrected chi connectivity index (χ3v) is 6.71. The highest BCUT2D eigenvalue weighted by atomic mass is 35.5. The van der Waals surface area contributed by atoms with Crippen LogP contribution in [0.4, 0.5) is 0 Å². The average molecular weight is 507 g/mol. The molecule has 1 aromatic heterocycles. The maximum absolute atomic E-state index is 12.7. The van der Waals surface area contributed by atoms with Gasteiger partial charge in [-0.05, 0) is 74.9 Å². The van der Waals surface area contributed by atoms with E-state index in [4.69, 9.17) is 16.3 Å². The van der Waals surface area contributed by atoms with Crippen LogP contribution in [0.25, 0.3) is 11.8 Å². The molecule has 0 atom stereocenters. The van der Waals surface area contributed by atoms with Crippen molar-refractivity contribution in [2.24, 2.45) is 4.99 Å². The minimum Gasteiger partial charge on any atom is -0.506 e. The molecule has 0 radical (unpaired) electrons. The molecule has 1 aliphatic heterocycles. The molecular formula is C27H23ClN2O4S. The number of halogens is 1. The molecule has 0 aliphatic carbocycles. The van der Waals surface area contributed by atoms with Crippen molar-refractivity contribution in [1.29, 1.82) is 0 Å². The Labute approximate surface area is 212 Å². The van der Waals surface area contributed by atoms with Crippen molar-refractivity contribution in [2.75, 3.05) is 6.61 Å². The number of thioether (sulfide) groups is 1. The van der Waals surface area contributed by atoms with Gasteiger partial charge in [-0.25, -0.2) is 9.79 Å². The number of benzene rings is 2. The van der Waals surface area contributed by atoms with Gasteiger partial charge in [-0.2, -0.15) is 0 Å². The van der Waals surface area contributed by atoms with Gasteiger partial charge in [-0.15, -0.1) is 0 Å². The second-order valence-electron chi connectivity index (χ2n) is 7.78. The molecule has 8 heteroatoms. The monoisotopic (exact) mass is 506 g/mol. The van der Waals surface area contributed by atoms with Crippen LogP contribution in [0.15, 0.2) is 81.9 Å². The van der Waals surface area contributed by atoms with Crippen molar-refractivity contribution in [1.82, 2.24) is 4.57 Å². The Morgan fingerprint density at radius 3 is 2.46 bits per heavy atom. The Morgan fingerprint density at radius 2 is 1.80 bits per heavy atom. The molecule has 178 valence electrons. The Kier molecular flexibility index (Phi) is 7.28. The van der Waals surface area contributed by atoms with Crippen molar-refractivity contribution in [3.8, 4) is 5.69 Å². The van der Waals surface area contributed by atoms with E-state index in [9.17, 15) is 14.7 Å². The molecule has 0 fully saturated rings. The summed E-state index contributed by atoms with van der Waals surface area (Å²) in [4.78, 5) is 29.9. The fraction of sp³-hybridized carbons (Fsp3) is 0.148. The number of ether oxygens (including phenoxy) is 1. The number of aliphatic hydroxyl groups excluding tert-OH is 1. The summed E-state index contributed by atoms with van der Waals surface area (Å²) in [5.41, 5.74) is 4.00. The van der Waals surface area contributed by atoms with Crippen LogP contribution in [-0.4, -0.2) is 33.2 Å². The van der Waals surface area contributed by atoms with Crippen molar-refractivity contribution < 1.29 is 19.4 Å². The number of esters is 1. The Morgan fingerprint density at radius 1 is 1.11 bits per heavy atom. The largest absolute Gasteiger partial charge is 0.506 e. The summed E-state index contributed by atoms with van der Waals surface area (Å²) in [5.74, 6) is -1.50. The minimum absolute atomic E-state index is 0.104. The predicted octanol–water partition coefficient (Wildman–Crippen LogP) is 6.45. The molecule has 0 saturated heterocycles. The van der Waals surface area contributed by atoms with E-state index >= 15 is 0 Å². The first-order chi connectivity index (χ1) is 16.8. The van der Waals surface area contributed by atoms with Crippen LogP contribution in [0.2, 0.25) is 5.02 Å². The van der Waals surface area contributed by atoms with E-state index in [0.29, 0.717) is 15.5 Å². The summed E-state index contributed by atoms with van der Waals surface area (Å²) in [5, 5.41) is 11.7. The van der Waals surface area contributed by atoms with Gasteiger partial charge in [0.15, 0.2) is 0 Å². The van der Waals surface area contributed by atoms with Crippen molar-refractivity contribution in [3.05, 3.63) is 104 Å². The van der Waals surface area contributed by atoms with E-state index in [0.717, 1.165) is 34.4 Å². The molecule has 3 aromatic rings. The fourth-order valence-corrected chi connectivity index (χ4v) is 4.92. The van der Waals surface area contributed by atoms with Crippen LogP contribution < -0.4 is 0 Å². The lowest BCUT2D eigenvalue weighted by molar-refractivity contribution is -0.138. The number of aromatic nitrogens is 1.